The number of carbonyl (C=O) groups excluding carboxylic acids is 2. The van der Waals surface area contributed by atoms with Crippen molar-refractivity contribution in [3.05, 3.63) is 0 Å². The van der Waals surface area contributed by atoms with Gasteiger partial charge >= 0.3 is 11.9 Å². The zero-order chi connectivity index (χ0) is 23.2. The lowest BCUT2D eigenvalue weighted by Gasteiger charge is -2.19. The predicted octanol–water partition coefficient (Wildman–Crippen LogP) is 8.30. The molecule has 0 aliphatic rings. The first kappa shape index (κ1) is 29.9. The Bertz CT molecular complexity index is 425. The van der Waals surface area contributed by atoms with Crippen LogP contribution in [0.15, 0.2) is 0 Å². The summed E-state index contributed by atoms with van der Waals surface area (Å²) in [6, 6.07) is 0. The lowest BCUT2D eigenvalue weighted by molar-refractivity contribution is -0.155. The van der Waals surface area contributed by atoms with E-state index in [1.54, 1.807) is 0 Å². The molecule has 0 aliphatic heterocycles. The number of hydrogen-bond acceptors (Lipinski definition) is 4. The van der Waals surface area contributed by atoms with Crippen LogP contribution >= 0.6 is 0 Å². The van der Waals surface area contributed by atoms with Crippen LogP contribution in [0.3, 0.4) is 0 Å². The molecule has 0 aromatic carbocycles. The van der Waals surface area contributed by atoms with Crippen molar-refractivity contribution in [1.82, 2.24) is 0 Å². The van der Waals surface area contributed by atoms with Crippen LogP contribution < -0.4 is 0 Å². The smallest absolute Gasteiger partial charge is 0.306 e. The molecule has 0 rings (SSSR count). The predicted molar refractivity (Wildman–Crippen MR) is 130 cm³/mol. The van der Waals surface area contributed by atoms with Gasteiger partial charge in [0.1, 0.15) is 5.60 Å². The van der Waals surface area contributed by atoms with E-state index in [-0.39, 0.29) is 17.5 Å². The summed E-state index contributed by atoms with van der Waals surface area (Å²) in [4.78, 5) is 22.6. The second-order valence-corrected chi connectivity index (χ2v) is 10.0. The van der Waals surface area contributed by atoms with Crippen LogP contribution in [0.1, 0.15) is 149 Å². The summed E-state index contributed by atoms with van der Waals surface area (Å²) >= 11 is 0. The Hall–Kier alpha value is -1.06. The zero-order valence-corrected chi connectivity index (χ0v) is 21.3. The lowest BCUT2D eigenvalue weighted by Crippen LogP contribution is -2.23. The van der Waals surface area contributed by atoms with E-state index in [4.69, 9.17) is 4.74 Å². The first-order valence-corrected chi connectivity index (χ1v) is 13.1. The number of rotatable bonds is 21. The Morgan fingerprint density at radius 2 is 0.742 bits per heavy atom. The first-order chi connectivity index (χ1) is 14.8. The minimum Gasteiger partial charge on any atom is -0.469 e. The molecule has 0 saturated carbocycles. The first-order valence-electron chi connectivity index (χ1n) is 13.1. The van der Waals surface area contributed by atoms with Gasteiger partial charge in [0.2, 0.25) is 0 Å². The lowest BCUT2D eigenvalue weighted by atomic mass is 10.0. The standard InChI is InChI=1S/C27H52O4/c1-27(2,3)31-26(29)24-22-20-18-16-14-12-10-8-6-5-7-9-11-13-15-17-19-21-23-25(28)30-4/h5-24H2,1-4H3. The number of esters is 2. The summed E-state index contributed by atoms with van der Waals surface area (Å²) in [5, 5.41) is 0. The van der Waals surface area contributed by atoms with Crippen molar-refractivity contribution in [2.45, 2.75) is 155 Å². The summed E-state index contributed by atoms with van der Waals surface area (Å²) < 4.78 is 9.99. The van der Waals surface area contributed by atoms with E-state index in [0.717, 1.165) is 25.7 Å². The van der Waals surface area contributed by atoms with Gasteiger partial charge in [0, 0.05) is 12.8 Å². The molecule has 0 fully saturated rings. The van der Waals surface area contributed by atoms with Crippen LogP contribution in [0.25, 0.3) is 0 Å². The van der Waals surface area contributed by atoms with Crippen molar-refractivity contribution >= 4 is 11.9 Å². The van der Waals surface area contributed by atoms with Crippen molar-refractivity contribution in [3.63, 3.8) is 0 Å². The van der Waals surface area contributed by atoms with E-state index < -0.39 is 0 Å². The molecule has 0 spiro atoms. The van der Waals surface area contributed by atoms with Crippen molar-refractivity contribution in [2.24, 2.45) is 0 Å². The molecule has 0 heterocycles. The Balaban J connectivity index is 3.14. The summed E-state index contributed by atoms with van der Waals surface area (Å²) in [7, 11) is 1.46. The second kappa shape index (κ2) is 20.8. The molecule has 0 saturated heterocycles. The molecule has 0 unspecified atom stereocenters. The minimum atomic E-state index is -0.356. The summed E-state index contributed by atoms with van der Waals surface area (Å²) in [5.41, 5.74) is -0.356. The SMILES string of the molecule is COC(=O)CCCCCCCCCCCCCCCCCCCCC(=O)OC(C)(C)C. The van der Waals surface area contributed by atoms with Gasteiger partial charge in [0.05, 0.1) is 7.11 Å². The van der Waals surface area contributed by atoms with Gasteiger partial charge in [0.15, 0.2) is 0 Å². The zero-order valence-electron chi connectivity index (χ0n) is 21.3. The van der Waals surface area contributed by atoms with E-state index in [1.807, 2.05) is 20.8 Å². The molecule has 0 aromatic heterocycles. The van der Waals surface area contributed by atoms with Gasteiger partial charge in [-0.2, -0.15) is 0 Å². The maximum atomic E-state index is 11.6. The van der Waals surface area contributed by atoms with Crippen molar-refractivity contribution in [1.29, 1.82) is 0 Å². The Morgan fingerprint density at radius 3 is 1.00 bits per heavy atom. The fourth-order valence-corrected chi connectivity index (χ4v) is 3.86. The highest BCUT2D eigenvalue weighted by Crippen LogP contribution is 2.15. The number of methoxy groups -OCH3 is 1. The van der Waals surface area contributed by atoms with E-state index in [2.05, 4.69) is 4.74 Å². The summed E-state index contributed by atoms with van der Waals surface area (Å²) in [6.45, 7) is 5.77. The normalized spacial score (nSPS) is 11.5. The van der Waals surface area contributed by atoms with Gasteiger partial charge in [-0.1, -0.05) is 103 Å². The van der Waals surface area contributed by atoms with Gasteiger partial charge in [0.25, 0.3) is 0 Å². The summed E-state index contributed by atoms with van der Waals surface area (Å²) in [5.74, 6) is -0.132. The molecule has 0 aromatic rings. The third-order valence-electron chi connectivity index (χ3n) is 5.66. The fourth-order valence-electron chi connectivity index (χ4n) is 3.86. The molecule has 0 amide bonds. The Labute approximate surface area is 193 Å². The third kappa shape index (κ3) is 25.1. The third-order valence-corrected chi connectivity index (χ3v) is 5.66. The summed E-state index contributed by atoms with van der Waals surface area (Å²) in [6.07, 6.45) is 24.2. The van der Waals surface area contributed by atoms with Crippen LogP contribution in [0.4, 0.5) is 0 Å². The van der Waals surface area contributed by atoms with Gasteiger partial charge in [-0.15, -0.1) is 0 Å². The van der Waals surface area contributed by atoms with Crippen LogP contribution in [-0.2, 0) is 19.1 Å². The van der Waals surface area contributed by atoms with Crippen molar-refractivity contribution < 1.29 is 19.1 Å². The maximum Gasteiger partial charge on any atom is 0.306 e. The molecule has 0 aliphatic carbocycles. The van der Waals surface area contributed by atoms with E-state index in [9.17, 15) is 9.59 Å². The molecule has 0 N–H and O–H groups in total. The van der Waals surface area contributed by atoms with E-state index in [0.29, 0.717) is 12.8 Å². The highest BCUT2D eigenvalue weighted by Gasteiger charge is 2.15. The van der Waals surface area contributed by atoms with Gasteiger partial charge < -0.3 is 9.47 Å². The topological polar surface area (TPSA) is 52.6 Å². The van der Waals surface area contributed by atoms with Gasteiger partial charge in [-0.05, 0) is 33.6 Å². The molecule has 0 atom stereocenters. The second-order valence-electron chi connectivity index (χ2n) is 10.0. The molecular weight excluding hydrogens is 388 g/mol. The molecule has 0 radical (unpaired) electrons. The van der Waals surface area contributed by atoms with Crippen LogP contribution in [0.5, 0.6) is 0 Å². The van der Waals surface area contributed by atoms with Crippen molar-refractivity contribution in [2.75, 3.05) is 7.11 Å². The Kier molecular flexibility index (Phi) is 20.1. The van der Waals surface area contributed by atoms with Crippen LogP contribution in [-0.4, -0.2) is 24.6 Å². The van der Waals surface area contributed by atoms with E-state index >= 15 is 0 Å². The number of ether oxygens (including phenoxy) is 2. The molecule has 4 heteroatoms. The fraction of sp³-hybridized carbons (Fsp3) is 0.926. The molecular formula is C27H52O4. The van der Waals surface area contributed by atoms with Crippen LogP contribution in [0.2, 0.25) is 0 Å². The van der Waals surface area contributed by atoms with Gasteiger partial charge in [-0.25, -0.2) is 0 Å². The minimum absolute atomic E-state index is 0.0556. The highest BCUT2D eigenvalue weighted by atomic mass is 16.6. The Morgan fingerprint density at radius 1 is 0.484 bits per heavy atom. The van der Waals surface area contributed by atoms with E-state index in [1.165, 1.54) is 97.0 Å². The highest BCUT2D eigenvalue weighted by molar-refractivity contribution is 5.69. The average molecular weight is 441 g/mol. The number of carbonyl (C=O) groups is 2. The molecule has 4 nitrogen and oxygen atoms in total. The molecule has 184 valence electrons. The van der Waals surface area contributed by atoms with Crippen LogP contribution in [0, 0.1) is 0 Å². The maximum absolute atomic E-state index is 11.6. The molecule has 31 heavy (non-hydrogen) atoms. The molecule has 0 bridgehead atoms. The van der Waals surface area contributed by atoms with Crippen molar-refractivity contribution in [3.8, 4) is 0 Å². The average Bonchev–Trinajstić information content (AvgIpc) is 2.70. The quantitative estimate of drug-likeness (QED) is 0.133. The van der Waals surface area contributed by atoms with Gasteiger partial charge in [-0.3, -0.25) is 9.59 Å². The monoisotopic (exact) mass is 440 g/mol. The number of hydrogen-bond donors (Lipinski definition) is 0. The largest absolute Gasteiger partial charge is 0.469 e. The number of unbranched alkanes of at least 4 members (excludes halogenated alkanes) is 17.